The largest absolute Gasteiger partial charge is 0.316 e. The molecular formula is C8H19N. The highest BCUT2D eigenvalue weighted by molar-refractivity contribution is 4.73. The smallest absolute Gasteiger partial charge is 0.000826 e. The van der Waals surface area contributed by atoms with Crippen LogP contribution in [0.1, 0.15) is 33.6 Å². The summed E-state index contributed by atoms with van der Waals surface area (Å²) in [6.45, 7) is 8.79. The first-order valence-corrected chi connectivity index (χ1v) is 4.14. The molecule has 1 saturated heterocycles. The van der Waals surface area contributed by atoms with Gasteiger partial charge in [-0.15, -0.1) is 0 Å². The van der Waals surface area contributed by atoms with Gasteiger partial charge in [0, 0.05) is 0 Å². The van der Waals surface area contributed by atoms with Gasteiger partial charge >= 0.3 is 0 Å². The Hall–Kier alpha value is -0.0400. The van der Waals surface area contributed by atoms with Gasteiger partial charge in [-0.05, 0) is 25.4 Å². The second-order valence-electron chi connectivity index (χ2n) is 2.31. The van der Waals surface area contributed by atoms with Crippen LogP contribution >= 0.6 is 0 Å². The van der Waals surface area contributed by atoms with E-state index in [0.717, 1.165) is 5.92 Å². The fourth-order valence-corrected chi connectivity index (χ4v) is 0.961. The average molecular weight is 129 g/mol. The highest BCUT2D eigenvalue weighted by Crippen LogP contribution is 2.09. The zero-order valence-electron chi connectivity index (χ0n) is 6.91. The summed E-state index contributed by atoms with van der Waals surface area (Å²) >= 11 is 0. The minimum absolute atomic E-state index is 1.02. The molecule has 0 atom stereocenters. The fraction of sp³-hybridized carbons (Fsp3) is 1.00. The molecule has 0 aliphatic carbocycles. The van der Waals surface area contributed by atoms with E-state index >= 15 is 0 Å². The van der Waals surface area contributed by atoms with Gasteiger partial charge in [0.2, 0.25) is 0 Å². The Kier molecular flexibility index (Phi) is 6.06. The van der Waals surface area contributed by atoms with Gasteiger partial charge in [0.05, 0.1) is 0 Å². The van der Waals surface area contributed by atoms with Crippen LogP contribution in [0.4, 0.5) is 0 Å². The third-order valence-electron chi connectivity index (χ3n) is 1.56. The van der Waals surface area contributed by atoms with Gasteiger partial charge < -0.3 is 5.32 Å². The molecule has 1 heteroatoms. The normalized spacial score (nSPS) is 17.7. The van der Waals surface area contributed by atoms with Crippen LogP contribution in [-0.2, 0) is 0 Å². The topological polar surface area (TPSA) is 12.0 Å². The minimum Gasteiger partial charge on any atom is -0.316 e. The quantitative estimate of drug-likeness (QED) is 0.601. The van der Waals surface area contributed by atoms with Crippen molar-refractivity contribution in [2.75, 3.05) is 13.1 Å². The van der Waals surface area contributed by atoms with E-state index in [0.29, 0.717) is 0 Å². The van der Waals surface area contributed by atoms with Crippen LogP contribution in [0.25, 0.3) is 0 Å². The summed E-state index contributed by atoms with van der Waals surface area (Å²) in [5, 5.41) is 3.25. The van der Waals surface area contributed by atoms with Crippen molar-refractivity contribution >= 4 is 0 Å². The Morgan fingerprint density at radius 1 is 1.33 bits per heavy atom. The molecule has 0 saturated carbocycles. The molecular weight excluding hydrogens is 110 g/mol. The van der Waals surface area contributed by atoms with Crippen LogP contribution in [-0.4, -0.2) is 13.1 Å². The maximum Gasteiger partial charge on any atom is -0.000826 e. The Balaban J connectivity index is 0.000000291. The molecule has 1 nitrogen and oxygen atoms in total. The Bertz CT molecular complexity index is 48.5. The van der Waals surface area contributed by atoms with Crippen molar-refractivity contribution in [2.24, 2.45) is 5.92 Å². The third kappa shape index (κ3) is 3.52. The fourth-order valence-electron chi connectivity index (χ4n) is 0.961. The molecule has 0 amide bonds. The van der Waals surface area contributed by atoms with Crippen molar-refractivity contribution in [1.29, 1.82) is 0 Å². The average Bonchev–Trinajstić information content (AvgIpc) is 1.84. The summed E-state index contributed by atoms with van der Waals surface area (Å²) in [7, 11) is 0. The molecule has 0 aromatic rings. The summed E-state index contributed by atoms with van der Waals surface area (Å²) in [6.07, 6.45) is 2.78. The van der Waals surface area contributed by atoms with Crippen LogP contribution in [0.15, 0.2) is 0 Å². The monoisotopic (exact) mass is 129 g/mol. The molecule has 0 bridgehead atoms. The predicted octanol–water partition coefficient (Wildman–Crippen LogP) is 2.03. The molecule has 0 spiro atoms. The molecule has 1 N–H and O–H groups in total. The van der Waals surface area contributed by atoms with Crippen molar-refractivity contribution in [3.63, 3.8) is 0 Å². The van der Waals surface area contributed by atoms with Gasteiger partial charge in [-0.1, -0.05) is 27.2 Å². The van der Waals surface area contributed by atoms with E-state index in [-0.39, 0.29) is 0 Å². The molecule has 0 radical (unpaired) electrons. The van der Waals surface area contributed by atoms with E-state index in [9.17, 15) is 0 Å². The number of rotatable bonds is 2. The maximum absolute atomic E-state index is 3.25. The molecule has 0 aromatic carbocycles. The van der Waals surface area contributed by atoms with E-state index < -0.39 is 0 Å². The van der Waals surface area contributed by atoms with E-state index in [2.05, 4.69) is 12.2 Å². The lowest BCUT2D eigenvalue weighted by molar-refractivity contribution is 0.325. The lowest BCUT2D eigenvalue weighted by Gasteiger charge is -2.26. The highest BCUT2D eigenvalue weighted by Gasteiger charge is 2.13. The molecule has 9 heavy (non-hydrogen) atoms. The van der Waals surface area contributed by atoms with Crippen LogP contribution in [0.5, 0.6) is 0 Å². The van der Waals surface area contributed by atoms with E-state index in [1.807, 2.05) is 13.8 Å². The lowest BCUT2D eigenvalue weighted by Crippen LogP contribution is -2.41. The summed E-state index contributed by atoms with van der Waals surface area (Å²) in [4.78, 5) is 0. The Morgan fingerprint density at radius 2 is 1.89 bits per heavy atom. The van der Waals surface area contributed by atoms with E-state index in [4.69, 9.17) is 0 Å². The summed E-state index contributed by atoms with van der Waals surface area (Å²) in [5.74, 6) is 1.02. The standard InChI is InChI=1S/C6H13N.C2H6/c1-2-3-6-4-7-5-6;1-2/h6-7H,2-5H2,1H3;1-2H3. The van der Waals surface area contributed by atoms with Crippen LogP contribution in [0, 0.1) is 5.92 Å². The van der Waals surface area contributed by atoms with Crippen molar-refractivity contribution in [3.8, 4) is 0 Å². The molecule has 1 fully saturated rings. The summed E-state index contributed by atoms with van der Waals surface area (Å²) in [6, 6.07) is 0. The van der Waals surface area contributed by atoms with Crippen molar-refractivity contribution in [3.05, 3.63) is 0 Å². The van der Waals surface area contributed by atoms with Crippen molar-refractivity contribution in [1.82, 2.24) is 5.32 Å². The van der Waals surface area contributed by atoms with Gasteiger partial charge in [-0.2, -0.15) is 0 Å². The summed E-state index contributed by atoms with van der Waals surface area (Å²) in [5.41, 5.74) is 0. The number of hydrogen-bond acceptors (Lipinski definition) is 1. The van der Waals surface area contributed by atoms with E-state index in [1.54, 1.807) is 0 Å². The first-order valence-electron chi connectivity index (χ1n) is 4.14. The minimum atomic E-state index is 1.02. The molecule has 0 aromatic heterocycles. The second kappa shape index (κ2) is 6.09. The maximum atomic E-state index is 3.25. The zero-order valence-corrected chi connectivity index (χ0v) is 6.91. The molecule has 56 valence electrons. The van der Waals surface area contributed by atoms with Gasteiger partial charge in [0.15, 0.2) is 0 Å². The molecule has 1 heterocycles. The molecule has 0 unspecified atom stereocenters. The van der Waals surface area contributed by atoms with Gasteiger partial charge in [0.1, 0.15) is 0 Å². The SMILES string of the molecule is CC.CCCC1CNC1. The molecule has 1 aliphatic heterocycles. The first-order chi connectivity index (χ1) is 4.43. The third-order valence-corrected chi connectivity index (χ3v) is 1.56. The number of nitrogens with one attached hydrogen (secondary N) is 1. The first kappa shape index (κ1) is 8.96. The van der Waals surface area contributed by atoms with Gasteiger partial charge in [-0.25, -0.2) is 0 Å². The van der Waals surface area contributed by atoms with Crippen molar-refractivity contribution < 1.29 is 0 Å². The van der Waals surface area contributed by atoms with Crippen LogP contribution < -0.4 is 5.32 Å². The Morgan fingerprint density at radius 3 is 2.00 bits per heavy atom. The number of hydrogen-bond donors (Lipinski definition) is 1. The molecule has 1 rings (SSSR count). The highest BCUT2D eigenvalue weighted by atomic mass is 14.9. The van der Waals surface area contributed by atoms with Crippen LogP contribution in [0.3, 0.4) is 0 Å². The lowest BCUT2D eigenvalue weighted by atomic mass is 9.98. The summed E-state index contributed by atoms with van der Waals surface area (Å²) < 4.78 is 0. The van der Waals surface area contributed by atoms with Gasteiger partial charge in [-0.3, -0.25) is 0 Å². The van der Waals surface area contributed by atoms with E-state index in [1.165, 1.54) is 25.9 Å². The van der Waals surface area contributed by atoms with Gasteiger partial charge in [0.25, 0.3) is 0 Å². The van der Waals surface area contributed by atoms with Crippen LogP contribution in [0.2, 0.25) is 0 Å². The van der Waals surface area contributed by atoms with Crippen molar-refractivity contribution in [2.45, 2.75) is 33.6 Å². The molecule has 1 aliphatic rings. The zero-order chi connectivity index (χ0) is 7.11. The Labute approximate surface area is 58.8 Å². The second-order valence-corrected chi connectivity index (χ2v) is 2.31. The predicted molar refractivity (Wildman–Crippen MR) is 42.6 cm³/mol.